The summed E-state index contributed by atoms with van der Waals surface area (Å²) >= 11 is 0. The van der Waals surface area contributed by atoms with Crippen molar-refractivity contribution in [1.29, 1.82) is 0 Å². The zero-order valence-corrected chi connectivity index (χ0v) is 10.8. The number of carboxylic acid groups (broad SMARTS) is 1. The molecule has 0 aromatic carbocycles. The van der Waals surface area contributed by atoms with Gasteiger partial charge in [-0.3, -0.25) is 9.59 Å². The largest absolute Gasteiger partial charge is 0.481 e. The Hall–Kier alpha value is -1.06. The van der Waals surface area contributed by atoms with Crippen molar-refractivity contribution < 1.29 is 14.7 Å². The smallest absolute Gasteiger partial charge is 0.315 e. The second-order valence-corrected chi connectivity index (χ2v) is 5.54. The third-order valence-corrected chi connectivity index (χ3v) is 2.47. The van der Waals surface area contributed by atoms with Crippen LogP contribution in [0.2, 0.25) is 0 Å². The minimum atomic E-state index is -1.08. The Morgan fingerprint density at radius 3 is 2.12 bits per heavy atom. The van der Waals surface area contributed by atoms with E-state index in [0.717, 1.165) is 6.42 Å². The summed E-state index contributed by atoms with van der Waals surface area (Å²) in [6.45, 7) is 10.3. The van der Waals surface area contributed by atoms with Crippen molar-refractivity contribution in [2.24, 2.45) is 17.3 Å². The highest BCUT2D eigenvalue weighted by Gasteiger charge is 2.24. The molecular formula is C12H23NO3. The first-order valence-electron chi connectivity index (χ1n) is 5.66. The number of aliphatic carboxylic acids is 1. The number of rotatable bonds is 6. The molecule has 1 amide bonds. The van der Waals surface area contributed by atoms with Crippen LogP contribution in [0.15, 0.2) is 0 Å². The van der Waals surface area contributed by atoms with E-state index < -0.39 is 17.8 Å². The van der Waals surface area contributed by atoms with Crippen LogP contribution in [-0.2, 0) is 9.59 Å². The van der Waals surface area contributed by atoms with E-state index in [1.54, 1.807) is 0 Å². The fourth-order valence-electron chi connectivity index (χ4n) is 1.77. The number of hydrogen-bond acceptors (Lipinski definition) is 2. The number of carbonyl (C=O) groups is 2. The summed E-state index contributed by atoms with van der Waals surface area (Å²) in [4.78, 5) is 22.0. The molecule has 1 unspecified atom stereocenters. The van der Waals surface area contributed by atoms with Crippen molar-refractivity contribution in [3.63, 3.8) is 0 Å². The molecule has 0 radical (unpaired) electrons. The first kappa shape index (κ1) is 14.9. The summed E-state index contributed by atoms with van der Waals surface area (Å²) in [5, 5.41) is 11.4. The average Bonchev–Trinajstić information content (AvgIpc) is 2.10. The van der Waals surface area contributed by atoms with Crippen molar-refractivity contribution in [3.05, 3.63) is 0 Å². The second-order valence-electron chi connectivity index (χ2n) is 5.54. The molecule has 0 aliphatic rings. The number of nitrogens with one attached hydrogen (secondary N) is 1. The predicted octanol–water partition coefficient (Wildman–Crippen LogP) is 1.90. The minimum absolute atomic E-state index is 0.00203. The Bertz CT molecular complexity index is 259. The maximum atomic E-state index is 11.4. The molecule has 0 rings (SSSR count). The molecule has 94 valence electrons. The lowest BCUT2D eigenvalue weighted by Crippen LogP contribution is -2.39. The zero-order valence-electron chi connectivity index (χ0n) is 10.8. The van der Waals surface area contributed by atoms with Gasteiger partial charge in [0.1, 0.15) is 5.92 Å². The van der Waals surface area contributed by atoms with E-state index in [0.29, 0.717) is 12.5 Å². The van der Waals surface area contributed by atoms with Gasteiger partial charge in [-0.05, 0) is 24.7 Å². The lowest BCUT2D eigenvalue weighted by Gasteiger charge is -2.27. The summed E-state index contributed by atoms with van der Waals surface area (Å²) in [6, 6.07) is 0. The molecule has 0 aromatic rings. The van der Waals surface area contributed by atoms with Crippen molar-refractivity contribution in [3.8, 4) is 0 Å². The van der Waals surface area contributed by atoms with Crippen LogP contribution >= 0.6 is 0 Å². The van der Waals surface area contributed by atoms with Crippen LogP contribution in [0.25, 0.3) is 0 Å². The van der Waals surface area contributed by atoms with Crippen molar-refractivity contribution in [2.75, 3.05) is 6.54 Å². The van der Waals surface area contributed by atoms with E-state index in [4.69, 9.17) is 5.11 Å². The van der Waals surface area contributed by atoms with Gasteiger partial charge in [0.2, 0.25) is 5.91 Å². The summed E-state index contributed by atoms with van der Waals surface area (Å²) in [6.07, 6.45) is 0.995. The number of carboxylic acids is 1. The van der Waals surface area contributed by atoms with Gasteiger partial charge in [0, 0.05) is 6.54 Å². The number of hydrogen-bond donors (Lipinski definition) is 2. The maximum Gasteiger partial charge on any atom is 0.315 e. The first-order valence-corrected chi connectivity index (χ1v) is 5.66. The molecule has 0 spiro atoms. The molecule has 4 heteroatoms. The van der Waals surface area contributed by atoms with Gasteiger partial charge < -0.3 is 10.4 Å². The summed E-state index contributed by atoms with van der Waals surface area (Å²) in [5.74, 6) is -1.91. The molecule has 4 nitrogen and oxygen atoms in total. The van der Waals surface area contributed by atoms with Crippen molar-refractivity contribution >= 4 is 11.9 Å². The van der Waals surface area contributed by atoms with E-state index in [2.05, 4.69) is 33.0 Å². The quantitative estimate of drug-likeness (QED) is 0.683. The van der Waals surface area contributed by atoms with Gasteiger partial charge in [-0.2, -0.15) is 0 Å². The molecule has 0 aliphatic heterocycles. The maximum absolute atomic E-state index is 11.4. The third-order valence-electron chi connectivity index (χ3n) is 2.47. The molecule has 0 aromatic heterocycles. The van der Waals surface area contributed by atoms with Crippen LogP contribution in [0.4, 0.5) is 0 Å². The van der Waals surface area contributed by atoms with Crippen molar-refractivity contribution in [2.45, 2.75) is 41.0 Å². The Morgan fingerprint density at radius 1 is 1.25 bits per heavy atom. The van der Waals surface area contributed by atoms with Gasteiger partial charge in [-0.15, -0.1) is 0 Å². The summed E-state index contributed by atoms with van der Waals surface area (Å²) < 4.78 is 0. The van der Waals surface area contributed by atoms with E-state index in [9.17, 15) is 9.59 Å². The standard InChI is InChI=1S/C12H23NO3/c1-8(2)6-12(4,5)7-13-10(14)9(3)11(15)16/h8-9H,6-7H2,1-5H3,(H,13,14)(H,15,16). The fourth-order valence-corrected chi connectivity index (χ4v) is 1.77. The van der Waals surface area contributed by atoms with Crippen LogP contribution in [0.1, 0.15) is 41.0 Å². The molecule has 0 heterocycles. The Balaban J connectivity index is 4.14. The predicted molar refractivity (Wildman–Crippen MR) is 63.0 cm³/mol. The van der Waals surface area contributed by atoms with E-state index in [1.165, 1.54) is 6.92 Å². The van der Waals surface area contributed by atoms with E-state index >= 15 is 0 Å². The number of carbonyl (C=O) groups excluding carboxylic acids is 1. The van der Waals surface area contributed by atoms with Crippen LogP contribution in [-0.4, -0.2) is 23.5 Å². The van der Waals surface area contributed by atoms with Crippen LogP contribution < -0.4 is 5.32 Å². The van der Waals surface area contributed by atoms with Gasteiger partial charge in [-0.25, -0.2) is 0 Å². The van der Waals surface area contributed by atoms with Crippen LogP contribution in [0, 0.1) is 17.3 Å². The highest BCUT2D eigenvalue weighted by molar-refractivity contribution is 5.96. The third kappa shape index (κ3) is 5.73. The van der Waals surface area contributed by atoms with Crippen LogP contribution in [0.3, 0.4) is 0 Å². The molecule has 0 bridgehead atoms. The zero-order chi connectivity index (χ0) is 12.9. The normalized spacial score (nSPS) is 13.6. The topological polar surface area (TPSA) is 66.4 Å². The highest BCUT2D eigenvalue weighted by Crippen LogP contribution is 2.24. The summed E-state index contributed by atoms with van der Waals surface area (Å²) in [5.41, 5.74) is 0.00203. The SMILES string of the molecule is CC(C)CC(C)(C)CNC(=O)C(C)C(=O)O. The van der Waals surface area contributed by atoms with Gasteiger partial charge >= 0.3 is 5.97 Å². The molecular weight excluding hydrogens is 206 g/mol. The Labute approximate surface area is 97.4 Å². The molecule has 2 N–H and O–H groups in total. The molecule has 0 saturated heterocycles. The summed E-state index contributed by atoms with van der Waals surface area (Å²) in [7, 11) is 0. The monoisotopic (exact) mass is 229 g/mol. The van der Waals surface area contributed by atoms with Gasteiger partial charge in [0.15, 0.2) is 0 Å². The van der Waals surface area contributed by atoms with Crippen LogP contribution in [0.5, 0.6) is 0 Å². The fraction of sp³-hybridized carbons (Fsp3) is 0.833. The molecule has 16 heavy (non-hydrogen) atoms. The van der Waals surface area contributed by atoms with Gasteiger partial charge in [-0.1, -0.05) is 27.7 Å². The molecule has 0 fully saturated rings. The highest BCUT2D eigenvalue weighted by atomic mass is 16.4. The van der Waals surface area contributed by atoms with Gasteiger partial charge in [0.05, 0.1) is 0 Å². The van der Waals surface area contributed by atoms with Crippen molar-refractivity contribution in [1.82, 2.24) is 5.32 Å². The first-order chi connectivity index (χ1) is 7.15. The Kier molecular flexibility index (Phi) is 5.48. The minimum Gasteiger partial charge on any atom is -0.481 e. The molecule has 1 atom stereocenters. The lowest BCUT2D eigenvalue weighted by molar-refractivity contribution is -0.146. The molecule has 0 aliphatic carbocycles. The van der Waals surface area contributed by atoms with E-state index in [1.807, 2.05) is 0 Å². The molecule has 0 saturated carbocycles. The Morgan fingerprint density at radius 2 is 1.75 bits per heavy atom. The van der Waals surface area contributed by atoms with E-state index in [-0.39, 0.29) is 5.41 Å². The average molecular weight is 229 g/mol. The van der Waals surface area contributed by atoms with Gasteiger partial charge in [0.25, 0.3) is 0 Å². The number of amides is 1. The second kappa shape index (κ2) is 5.87. The lowest BCUT2D eigenvalue weighted by atomic mass is 9.84.